The second kappa shape index (κ2) is 6.31. The first-order valence-corrected chi connectivity index (χ1v) is 6.11. The summed E-state index contributed by atoms with van der Waals surface area (Å²) in [5, 5.41) is 13.7. The Morgan fingerprint density at radius 3 is 2.82 bits per heavy atom. The summed E-state index contributed by atoms with van der Waals surface area (Å²) in [4.78, 5) is 26.4. The summed E-state index contributed by atoms with van der Waals surface area (Å²) in [6.45, 7) is 2.17. The molecule has 4 N–H and O–H groups in total. The SMILES string of the molecule is CCC(CNC(=O)c1csc(CN)n1)C(=O)O. The van der Waals surface area contributed by atoms with Crippen LogP contribution in [0.3, 0.4) is 0 Å². The minimum absolute atomic E-state index is 0.111. The van der Waals surface area contributed by atoms with E-state index in [2.05, 4.69) is 10.3 Å². The van der Waals surface area contributed by atoms with Crippen molar-refractivity contribution in [3.63, 3.8) is 0 Å². The largest absolute Gasteiger partial charge is 0.481 e. The molecule has 0 spiro atoms. The van der Waals surface area contributed by atoms with Crippen molar-refractivity contribution in [1.82, 2.24) is 10.3 Å². The number of carbonyl (C=O) groups is 2. The third-order valence-corrected chi connectivity index (χ3v) is 3.18. The average molecular weight is 257 g/mol. The van der Waals surface area contributed by atoms with E-state index in [1.165, 1.54) is 11.3 Å². The van der Waals surface area contributed by atoms with E-state index in [-0.39, 0.29) is 18.1 Å². The summed E-state index contributed by atoms with van der Waals surface area (Å²) < 4.78 is 0. The fourth-order valence-electron chi connectivity index (χ4n) is 1.22. The molecule has 1 rings (SSSR count). The molecule has 7 heteroatoms. The van der Waals surface area contributed by atoms with Gasteiger partial charge in [-0.3, -0.25) is 9.59 Å². The van der Waals surface area contributed by atoms with Gasteiger partial charge in [-0.15, -0.1) is 11.3 Å². The number of aromatic nitrogens is 1. The van der Waals surface area contributed by atoms with E-state index >= 15 is 0 Å². The molecule has 1 heterocycles. The summed E-state index contributed by atoms with van der Waals surface area (Å²) in [6.07, 6.45) is 0.473. The molecule has 0 radical (unpaired) electrons. The lowest BCUT2D eigenvalue weighted by Gasteiger charge is -2.09. The van der Waals surface area contributed by atoms with Crippen LogP contribution in [0.5, 0.6) is 0 Å². The van der Waals surface area contributed by atoms with Gasteiger partial charge in [-0.2, -0.15) is 0 Å². The molecule has 17 heavy (non-hydrogen) atoms. The van der Waals surface area contributed by atoms with Crippen molar-refractivity contribution in [2.45, 2.75) is 19.9 Å². The molecule has 94 valence electrons. The van der Waals surface area contributed by atoms with Crippen LogP contribution in [0, 0.1) is 5.92 Å². The predicted molar refractivity (Wildman–Crippen MR) is 63.8 cm³/mol. The molecule has 0 saturated heterocycles. The summed E-state index contributed by atoms with van der Waals surface area (Å²) in [6, 6.07) is 0. The molecule has 0 aliphatic heterocycles. The molecule has 1 aromatic rings. The van der Waals surface area contributed by atoms with Gasteiger partial charge in [0.1, 0.15) is 10.7 Å². The van der Waals surface area contributed by atoms with Crippen LogP contribution in [0.4, 0.5) is 0 Å². The Morgan fingerprint density at radius 1 is 1.65 bits per heavy atom. The summed E-state index contributed by atoms with van der Waals surface area (Å²) in [7, 11) is 0. The van der Waals surface area contributed by atoms with E-state index in [0.717, 1.165) is 0 Å². The maximum absolute atomic E-state index is 11.6. The topological polar surface area (TPSA) is 105 Å². The number of carboxylic acids is 1. The van der Waals surface area contributed by atoms with Crippen LogP contribution in [-0.4, -0.2) is 28.5 Å². The number of hydrogen-bond donors (Lipinski definition) is 3. The first kappa shape index (κ1) is 13.6. The zero-order valence-corrected chi connectivity index (χ0v) is 10.3. The van der Waals surface area contributed by atoms with Crippen molar-refractivity contribution in [1.29, 1.82) is 0 Å². The van der Waals surface area contributed by atoms with Crippen molar-refractivity contribution >= 4 is 23.2 Å². The smallest absolute Gasteiger partial charge is 0.308 e. The first-order valence-electron chi connectivity index (χ1n) is 5.24. The number of nitrogens with zero attached hydrogens (tertiary/aromatic N) is 1. The van der Waals surface area contributed by atoms with Gasteiger partial charge in [0.05, 0.1) is 5.92 Å². The van der Waals surface area contributed by atoms with E-state index in [1.54, 1.807) is 12.3 Å². The lowest BCUT2D eigenvalue weighted by Crippen LogP contribution is -2.32. The molecule has 0 aliphatic rings. The van der Waals surface area contributed by atoms with E-state index in [4.69, 9.17) is 10.8 Å². The van der Waals surface area contributed by atoms with Crippen molar-refractivity contribution < 1.29 is 14.7 Å². The molecule has 0 bridgehead atoms. The lowest BCUT2D eigenvalue weighted by atomic mass is 10.1. The quantitative estimate of drug-likeness (QED) is 0.686. The van der Waals surface area contributed by atoms with Crippen molar-refractivity contribution in [2.24, 2.45) is 11.7 Å². The highest BCUT2D eigenvalue weighted by Gasteiger charge is 2.17. The van der Waals surface area contributed by atoms with Crippen LogP contribution < -0.4 is 11.1 Å². The molecule has 1 amide bonds. The number of nitrogens with two attached hydrogens (primary N) is 1. The Hall–Kier alpha value is -1.47. The molecule has 1 aromatic heterocycles. The number of aliphatic carboxylic acids is 1. The Kier molecular flexibility index (Phi) is 5.05. The number of nitrogens with one attached hydrogen (secondary N) is 1. The predicted octanol–water partition coefficient (Wildman–Crippen LogP) is 0.442. The third-order valence-electron chi connectivity index (χ3n) is 2.31. The number of hydrogen-bond acceptors (Lipinski definition) is 5. The highest BCUT2D eigenvalue weighted by atomic mass is 32.1. The van der Waals surface area contributed by atoms with Crippen LogP contribution >= 0.6 is 11.3 Å². The number of carbonyl (C=O) groups excluding carboxylic acids is 1. The lowest BCUT2D eigenvalue weighted by molar-refractivity contribution is -0.141. The number of rotatable bonds is 6. The standard InChI is InChI=1S/C10H15N3O3S/c1-2-6(10(15)16)4-12-9(14)7-5-17-8(3-11)13-7/h5-6H,2-4,11H2,1H3,(H,12,14)(H,15,16). The van der Waals surface area contributed by atoms with Gasteiger partial charge in [0.2, 0.25) is 0 Å². The Morgan fingerprint density at radius 2 is 2.35 bits per heavy atom. The Bertz CT molecular complexity index is 405. The van der Waals surface area contributed by atoms with Crippen molar-refractivity contribution in [3.05, 3.63) is 16.1 Å². The third kappa shape index (κ3) is 3.79. The minimum Gasteiger partial charge on any atom is -0.481 e. The highest BCUT2D eigenvalue weighted by Crippen LogP contribution is 2.09. The van der Waals surface area contributed by atoms with Gasteiger partial charge in [-0.05, 0) is 6.42 Å². The van der Waals surface area contributed by atoms with Crippen LogP contribution in [0.15, 0.2) is 5.38 Å². The normalized spacial score (nSPS) is 12.1. The monoisotopic (exact) mass is 257 g/mol. The first-order chi connectivity index (χ1) is 8.08. The number of thiazole rings is 1. The van der Waals surface area contributed by atoms with Gasteiger partial charge in [0.15, 0.2) is 0 Å². The molecule has 1 unspecified atom stereocenters. The van der Waals surface area contributed by atoms with Crippen molar-refractivity contribution in [3.8, 4) is 0 Å². The molecular formula is C10H15N3O3S. The maximum Gasteiger partial charge on any atom is 0.308 e. The van der Waals surface area contributed by atoms with Gasteiger partial charge in [0.25, 0.3) is 5.91 Å². The maximum atomic E-state index is 11.6. The zero-order chi connectivity index (χ0) is 12.8. The molecular weight excluding hydrogens is 242 g/mol. The molecule has 0 aliphatic carbocycles. The van der Waals surface area contributed by atoms with Crippen LogP contribution in [-0.2, 0) is 11.3 Å². The summed E-state index contributed by atoms with van der Waals surface area (Å²) in [5.74, 6) is -1.83. The van der Waals surface area contributed by atoms with Crippen LogP contribution in [0.2, 0.25) is 0 Å². The second-order valence-electron chi connectivity index (χ2n) is 3.48. The van der Waals surface area contributed by atoms with Gasteiger partial charge in [-0.1, -0.05) is 6.92 Å². The van der Waals surface area contributed by atoms with Crippen molar-refractivity contribution in [2.75, 3.05) is 6.54 Å². The molecule has 0 fully saturated rings. The molecule has 1 atom stereocenters. The van der Waals surface area contributed by atoms with Crippen LogP contribution in [0.1, 0.15) is 28.8 Å². The van der Waals surface area contributed by atoms with Gasteiger partial charge in [-0.25, -0.2) is 4.98 Å². The number of carboxylic acid groups (broad SMARTS) is 1. The Balaban J connectivity index is 2.52. The van der Waals surface area contributed by atoms with Crippen LogP contribution in [0.25, 0.3) is 0 Å². The van der Waals surface area contributed by atoms with Gasteiger partial charge in [0, 0.05) is 18.5 Å². The van der Waals surface area contributed by atoms with E-state index < -0.39 is 11.9 Å². The molecule has 6 nitrogen and oxygen atoms in total. The van der Waals surface area contributed by atoms with Gasteiger partial charge >= 0.3 is 5.97 Å². The fourth-order valence-corrected chi connectivity index (χ4v) is 1.88. The molecule has 0 aromatic carbocycles. The number of amides is 1. The van der Waals surface area contributed by atoms with E-state index in [9.17, 15) is 9.59 Å². The minimum atomic E-state index is -0.909. The van der Waals surface area contributed by atoms with E-state index in [1.807, 2.05) is 0 Å². The summed E-state index contributed by atoms with van der Waals surface area (Å²) in [5.41, 5.74) is 5.67. The average Bonchev–Trinajstić information content (AvgIpc) is 2.77. The van der Waals surface area contributed by atoms with E-state index in [0.29, 0.717) is 18.0 Å². The summed E-state index contributed by atoms with van der Waals surface area (Å²) >= 11 is 1.31. The second-order valence-corrected chi connectivity index (χ2v) is 4.43. The molecule has 0 saturated carbocycles. The Labute approximate surface area is 103 Å². The van der Waals surface area contributed by atoms with Gasteiger partial charge < -0.3 is 16.2 Å². The highest BCUT2D eigenvalue weighted by molar-refractivity contribution is 7.09. The zero-order valence-electron chi connectivity index (χ0n) is 9.47. The fraction of sp³-hybridized carbons (Fsp3) is 0.500.